The Labute approximate surface area is 109 Å². The number of aryl methyl sites for hydroxylation is 1. The molecule has 0 atom stereocenters. The van der Waals surface area contributed by atoms with Crippen LogP contribution in [0.5, 0.6) is 0 Å². The van der Waals surface area contributed by atoms with Crippen LogP contribution < -0.4 is 5.56 Å². The first kappa shape index (κ1) is 11.4. The second-order valence-electron chi connectivity index (χ2n) is 4.22. The number of hydrogen-bond acceptors (Lipinski definition) is 3. The van der Waals surface area contributed by atoms with Crippen LogP contribution in [0.3, 0.4) is 0 Å². The second-order valence-corrected chi connectivity index (χ2v) is 4.22. The van der Waals surface area contributed by atoms with Gasteiger partial charge in [-0.3, -0.25) is 9.89 Å². The molecule has 0 bridgehead atoms. The van der Waals surface area contributed by atoms with Crippen molar-refractivity contribution in [2.24, 2.45) is 9.98 Å². The summed E-state index contributed by atoms with van der Waals surface area (Å²) >= 11 is 0. The third-order valence-electron chi connectivity index (χ3n) is 2.90. The molecule has 1 aromatic carbocycles. The lowest BCUT2D eigenvalue weighted by molar-refractivity contribution is 0.835. The number of nitrogens with one attached hydrogen (secondary N) is 1. The van der Waals surface area contributed by atoms with Crippen molar-refractivity contribution in [3.63, 3.8) is 0 Å². The fourth-order valence-corrected chi connectivity index (χ4v) is 1.95. The van der Waals surface area contributed by atoms with Crippen LogP contribution >= 0.6 is 0 Å². The van der Waals surface area contributed by atoms with Gasteiger partial charge in [-0.2, -0.15) is 0 Å². The lowest BCUT2D eigenvalue weighted by atomic mass is 10.2. The fraction of sp³-hybridized carbons (Fsp3) is 0.0714. The lowest BCUT2D eigenvalue weighted by Crippen LogP contribution is -2.15. The predicted octanol–water partition coefficient (Wildman–Crippen LogP) is 1.93. The van der Waals surface area contributed by atoms with Crippen molar-refractivity contribution in [1.29, 1.82) is 0 Å². The lowest BCUT2D eigenvalue weighted by Gasteiger charge is -1.99. The van der Waals surface area contributed by atoms with Crippen LogP contribution in [0.1, 0.15) is 11.3 Å². The third-order valence-corrected chi connectivity index (χ3v) is 2.90. The highest BCUT2D eigenvalue weighted by molar-refractivity contribution is 5.95. The molecular weight excluding hydrogens is 240 g/mol. The summed E-state index contributed by atoms with van der Waals surface area (Å²) in [5.41, 5.74) is 2.80. The van der Waals surface area contributed by atoms with Crippen molar-refractivity contribution < 1.29 is 0 Å². The van der Waals surface area contributed by atoms with Crippen molar-refractivity contribution in [2.45, 2.75) is 6.92 Å². The number of nitrogens with zero attached hydrogens (tertiary/aromatic N) is 3. The van der Waals surface area contributed by atoms with Crippen molar-refractivity contribution in [2.75, 3.05) is 0 Å². The number of allylic oxidation sites excluding steroid dienone is 1. The molecule has 94 valence electrons. The van der Waals surface area contributed by atoms with Gasteiger partial charge in [-0.1, -0.05) is 18.2 Å². The zero-order valence-electron chi connectivity index (χ0n) is 10.4. The highest BCUT2D eigenvalue weighted by Gasteiger charge is 2.11. The monoisotopic (exact) mass is 252 g/mol. The van der Waals surface area contributed by atoms with Gasteiger partial charge in [0.25, 0.3) is 5.56 Å². The molecule has 1 aliphatic heterocycles. The van der Waals surface area contributed by atoms with E-state index in [1.165, 1.54) is 11.0 Å². The van der Waals surface area contributed by atoms with Crippen LogP contribution in [0.2, 0.25) is 0 Å². The first-order valence-electron chi connectivity index (χ1n) is 5.90. The number of aliphatic imine (C=N–C) groups is 2. The van der Waals surface area contributed by atoms with E-state index in [2.05, 4.69) is 15.1 Å². The Bertz CT molecular complexity index is 733. The molecule has 1 N–H and O–H groups in total. The molecule has 1 aliphatic rings. The number of aromatic amines is 1. The van der Waals surface area contributed by atoms with E-state index in [0.29, 0.717) is 11.3 Å². The van der Waals surface area contributed by atoms with Crippen LogP contribution in [-0.2, 0) is 0 Å². The Kier molecular flexibility index (Phi) is 2.72. The van der Waals surface area contributed by atoms with Gasteiger partial charge in [0.2, 0.25) is 0 Å². The normalized spacial score (nSPS) is 15.5. The second kappa shape index (κ2) is 4.53. The van der Waals surface area contributed by atoms with Gasteiger partial charge in [0.15, 0.2) is 0 Å². The van der Waals surface area contributed by atoms with Crippen LogP contribution in [0.25, 0.3) is 11.8 Å². The van der Waals surface area contributed by atoms with Gasteiger partial charge in [-0.15, -0.1) is 0 Å². The minimum Gasteiger partial charge on any atom is -0.295 e. The first-order valence-corrected chi connectivity index (χ1v) is 5.90. The van der Waals surface area contributed by atoms with E-state index in [0.717, 1.165) is 11.4 Å². The smallest absolute Gasteiger partial charge is 0.278 e. The summed E-state index contributed by atoms with van der Waals surface area (Å²) < 4.78 is 1.53. The molecule has 0 aliphatic carbocycles. The number of benzene rings is 1. The summed E-state index contributed by atoms with van der Waals surface area (Å²) in [6.07, 6.45) is 4.82. The summed E-state index contributed by atoms with van der Waals surface area (Å²) in [4.78, 5) is 20.3. The number of aromatic nitrogens is 2. The maximum absolute atomic E-state index is 12.4. The molecule has 0 saturated carbocycles. The molecule has 19 heavy (non-hydrogen) atoms. The third kappa shape index (κ3) is 2.06. The molecule has 0 radical (unpaired) electrons. The average molecular weight is 252 g/mol. The van der Waals surface area contributed by atoms with E-state index in [-0.39, 0.29) is 5.56 Å². The maximum atomic E-state index is 12.4. The van der Waals surface area contributed by atoms with E-state index in [9.17, 15) is 4.79 Å². The molecular formula is C14H12N4O. The summed E-state index contributed by atoms with van der Waals surface area (Å²) in [7, 11) is 0. The van der Waals surface area contributed by atoms with Gasteiger partial charge in [-0.05, 0) is 25.1 Å². The van der Waals surface area contributed by atoms with E-state index in [4.69, 9.17) is 0 Å². The molecule has 5 heteroatoms. The SMILES string of the molecule is Cc1[nH]n(-c2ccccc2)c(=O)c1/C=C1\C=NC=N1. The van der Waals surface area contributed by atoms with Gasteiger partial charge in [-0.25, -0.2) is 14.7 Å². The molecule has 2 heterocycles. The number of rotatable bonds is 2. The standard InChI is InChI=1S/C14H12N4O/c1-10-13(7-11-8-15-9-16-11)14(19)18(17-10)12-5-3-2-4-6-12/h2-9,17H,1H3/b11-7+. The van der Waals surface area contributed by atoms with Crippen LogP contribution in [0.4, 0.5) is 0 Å². The quantitative estimate of drug-likeness (QED) is 0.872. The Morgan fingerprint density at radius 2 is 2.05 bits per heavy atom. The zero-order valence-corrected chi connectivity index (χ0v) is 10.4. The van der Waals surface area contributed by atoms with Crippen LogP contribution in [-0.4, -0.2) is 22.3 Å². The average Bonchev–Trinajstić information content (AvgIpc) is 3.03. The molecule has 1 aromatic heterocycles. The molecule has 0 spiro atoms. The first-order chi connectivity index (χ1) is 9.25. The van der Waals surface area contributed by atoms with Gasteiger partial charge in [0, 0.05) is 5.69 Å². The molecule has 0 amide bonds. The highest BCUT2D eigenvalue weighted by Crippen LogP contribution is 2.11. The topological polar surface area (TPSA) is 62.5 Å². The van der Waals surface area contributed by atoms with Gasteiger partial charge >= 0.3 is 0 Å². The highest BCUT2D eigenvalue weighted by atomic mass is 16.1. The van der Waals surface area contributed by atoms with E-state index < -0.39 is 0 Å². The summed E-state index contributed by atoms with van der Waals surface area (Å²) in [6, 6.07) is 9.46. The minimum atomic E-state index is -0.0910. The summed E-state index contributed by atoms with van der Waals surface area (Å²) in [5, 5.41) is 3.07. The van der Waals surface area contributed by atoms with E-state index in [1.54, 1.807) is 12.3 Å². The number of para-hydroxylation sites is 1. The Morgan fingerprint density at radius 1 is 1.26 bits per heavy atom. The van der Waals surface area contributed by atoms with Crippen molar-refractivity contribution in [3.8, 4) is 5.69 Å². The van der Waals surface area contributed by atoms with E-state index >= 15 is 0 Å². The predicted molar refractivity (Wildman–Crippen MR) is 76.1 cm³/mol. The zero-order chi connectivity index (χ0) is 13.2. The maximum Gasteiger partial charge on any atom is 0.278 e. The minimum absolute atomic E-state index is 0.0910. The fourth-order valence-electron chi connectivity index (χ4n) is 1.95. The number of hydrogen-bond donors (Lipinski definition) is 1. The van der Waals surface area contributed by atoms with E-state index in [1.807, 2.05) is 37.3 Å². The van der Waals surface area contributed by atoms with Gasteiger partial charge in [0.1, 0.15) is 6.34 Å². The summed E-state index contributed by atoms with van der Waals surface area (Å²) in [6.45, 7) is 1.86. The Morgan fingerprint density at radius 3 is 2.74 bits per heavy atom. The van der Waals surface area contributed by atoms with Crippen molar-refractivity contribution >= 4 is 18.6 Å². The largest absolute Gasteiger partial charge is 0.295 e. The van der Waals surface area contributed by atoms with Gasteiger partial charge in [0.05, 0.1) is 23.2 Å². The van der Waals surface area contributed by atoms with Crippen LogP contribution in [0, 0.1) is 6.92 Å². The van der Waals surface area contributed by atoms with Crippen molar-refractivity contribution in [1.82, 2.24) is 9.78 Å². The van der Waals surface area contributed by atoms with Gasteiger partial charge < -0.3 is 0 Å². The number of H-pyrrole nitrogens is 1. The molecule has 0 unspecified atom stereocenters. The molecule has 2 aromatic rings. The Hall–Kier alpha value is -2.69. The summed E-state index contributed by atoms with van der Waals surface area (Å²) in [5.74, 6) is 0. The molecule has 3 rings (SSSR count). The molecule has 0 fully saturated rings. The van der Waals surface area contributed by atoms with Crippen LogP contribution in [0.15, 0.2) is 50.8 Å². The molecule has 5 nitrogen and oxygen atoms in total. The molecule has 0 saturated heterocycles. The Balaban J connectivity index is 2.12. The van der Waals surface area contributed by atoms with Crippen molar-refractivity contribution in [3.05, 3.63) is 57.6 Å².